The maximum atomic E-state index is 12.1. The Labute approximate surface area is 103 Å². The van der Waals surface area contributed by atoms with E-state index in [0.29, 0.717) is 6.54 Å². The van der Waals surface area contributed by atoms with Crippen LogP contribution in [-0.4, -0.2) is 30.4 Å². The summed E-state index contributed by atoms with van der Waals surface area (Å²) in [6.45, 7) is 3.75. The van der Waals surface area contributed by atoms with Gasteiger partial charge in [0.2, 0.25) is 5.91 Å². The van der Waals surface area contributed by atoms with Crippen LogP contribution in [0.5, 0.6) is 0 Å². The van der Waals surface area contributed by atoms with Crippen molar-refractivity contribution in [3.8, 4) is 0 Å². The second kappa shape index (κ2) is 5.32. The predicted octanol–water partition coefficient (Wildman–Crippen LogP) is 1.71. The van der Waals surface area contributed by atoms with Crippen LogP contribution in [0.2, 0.25) is 0 Å². The number of rotatable bonds is 3. The van der Waals surface area contributed by atoms with Crippen LogP contribution in [0, 0.1) is 6.92 Å². The zero-order valence-electron chi connectivity index (χ0n) is 10.6. The molecule has 1 aliphatic rings. The maximum absolute atomic E-state index is 12.1. The van der Waals surface area contributed by atoms with E-state index in [1.165, 1.54) is 11.1 Å². The van der Waals surface area contributed by atoms with Crippen molar-refractivity contribution in [2.24, 2.45) is 0 Å². The third-order valence-electron chi connectivity index (χ3n) is 3.40. The molecule has 1 atom stereocenters. The molecular formula is C14H20N2O. The third-order valence-corrected chi connectivity index (χ3v) is 3.40. The lowest BCUT2D eigenvalue weighted by Crippen LogP contribution is -2.41. The van der Waals surface area contributed by atoms with Gasteiger partial charge in [0.15, 0.2) is 0 Å². The van der Waals surface area contributed by atoms with Crippen LogP contribution in [0.3, 0.4) is 0 Å². The van der Waals surface area contributed by atoms with Gasteiger partial charge in [-0.15, -0.1) is 0 Å². The molecule has 3 nitrogen and oxygen atoms in total. The molecule has 2 rings (SSSR count). The van der Waals surface area contributed by atoms with E-state index in [-0.39, 0.29) is 11.9 Å². The molecule has 0 unspecified atom stereocenters. The summed E-state index contributed by atoms with van der Waals surface area (Å²) < 4.78 is 0. The molecule has 0 bridgehead atoms. The van der Waals surface area contributed by atoms with Gasteiger partial charge in [0.25, 0.3) is 0 Å². The van der Waals surface area contributed by atoms with Gasteiger partial charge in [0.05, 0.1) is 6.04 Å². The van der Waals surface area contributed by atoms with E-state index in [2.05, 4.69) is 24.4 Å². The summed E-state index contributed by atoms with van der Waals surface area (Å²) in [5.41, 5.74) is 2.47. The number of amides is 1. The van der Waals surface area contributed by atoms with Gasteiger partial charge < -0.3 is 10.2 Å². The smallest absolute Gasteiger partial charge is 0.239 e. The second-order valence-electron chi connectivity index (χ2n) is 4.77. The summed E-state index contributed by atoms with van der Waals surface area (Å²) in [6, 6.07) is 8.25. The topological polar surface area (TPSA) is 32.3 Å². The second-order valence-corrected chi connectivity index (χ2v) is 4.77. The van der Waals surface area contributed by atoms with E-state index in [9.17, 15) is 4.79 Å². The first-order chi connectivity index (χ1) is 8.18. The van der Waals surface area contributed by atoms with Crippen LogP contribution in [0.4, 0.5) is 0 Å². The Morgan fingerprint density at radius 2 is 2.24 bits per heavy atom. The molecule has 0 aromatic heterocycles. The summed E-state index contributed by atoms with van der Waals surface area (Å²) in [4.78, 5) is 13.9. The zero-order valence-corrected chi connectivity index (χ0v) is 10.6. The highest BCUT2D eigenvalue weighted by atomic mass is 16.2. The fourth-order valence-corrected chi connectivity index (χ4v) is 2.28. The van der Waals surface area contributed by atoms with Crippen molar-refractivity contribution in [3.05, 3.63) is 35.4 Å². The first-order valence-electron chi connectivity index (χ1n) is 6.21. The Morgan fingerprint density at radius 3 is 2.88 bits per heavy atom. The summed E-state index contributed by atoms with van der Waals surface area (Å²) in [5.74, 6) is 0.214. The van der Waals surface area contributed by atoms with Crippen LogP contribution < -0.4 is 5.32 Å². The van der Waals surface area contributed by atoms with Crippen LogP contribution >= 0.6 is 0 Å². The number of benzene rings is 1. The van der Waals surface area contributed by atoms with E-state index in [1.807, 2.05) is 24.1 Å². The highest BCUT2D eigenvalue weighted by Crippen LogP contribution is 2.13. The molecule has 1 heterocycles. The number of aryl methyl sites for hydroxylation is 1. The number of hydrogen-bond donors (Lipinski definition) is 1. The van der Waals surface area contributed by atoms with E-state index >= 15 is 0 Å². The van der Waals surface area contributed by atoms with Crippen molar-refractivity contribution < 1.29 is 4.79 Å². The van der Waals surface area contributed by atoms with Crippen LogP contribution in [0.25, 0.3) is 0 Å². The predicted molar refractivity (Wildman–Crippen MR) is 68.7 cm³/mol. The summed E-state index contributed by atoms with van der Waals surface area (Å²) in [6.07, 6.45) is 2.07. The summed E-state index contributed by atoms with van der Waals surface area (Å²) in [7, 11) is 1.88. The zero-order chi connectivity index (χ0) is 12.3. The average Bonchev–Trinajstić information content (AvgIpc) is 2.84. The van der Waals surface area contributed by atoms with Gasteiger partial charge in [-0.1, -0.05) is 24.3 Å². The molecule has 1 aliphatic heterocycles. The molecule has 1 saturated heterocycles. The van der Waals surface area contributed by atoms with Crippen molar-refractivity contribution in [1.82, 2.24) is 10.2 Å². The van der Waals surface area contributed by atoms with Crippen molar-refractivity contribution in [2.45, 2.75) is 32.4 Å². The molecule has 3 heteroatoms. The molecule has 1 aromatic rings. The van der Waals surface area contributed by atoms with Crippen molar-refractivity contribution in [3.63, 3.8) is 0 Å². The molecule has 0 radical (unpaired) electrons. The molecule has 1 aromatic carbocycles. The monoisotopic (exact) mass is 232 g/mol. The Morgan fingerprint density at radius 1 is 1.47 bits per heavy atom. The van der Waals surface area contributed by atoms with Gasteiger partial charge in [0, 0.05) is 13.6 Å². The van der Waals surface area contributed by atoms with E-state index < -0.39 is 0 Å². The van der Waals surface area contributed by atoms with E-state index in [0.717, 1.165) is 19.4 Å². The lowest BCUT2D eigenvalue weighted by Gasteiger charge is -2.22. The molecule has 17 heavy (non-hydrogen) atoms. The highest BCUT2D eigenvalue weighted by Gasteiger charge is 2.24. The van der Waals surface area contributed by atoms with Crippen molar-refractivity contribution >= 4 is 5.91 Å². The SMILES string of the molecule is Cc1ccccc1CN(C)C(=O)[C@@H]1CCCN1. The highest BCUT2D eigenvalue weighted by molar-refractivity contribution is 5.81. The quantitative estimate of drug-likeness (QED) is 0.860. The number of nitrogens with one attached hydrogen (secondary N) is 1. The number of carbonyl (C=O) groups excluding carboxylic acids is 1. The minimum Gasteiger partial charge on any atom is -0.340 e. The largest absolute Gasteiger partial charge is 0.340 e. The van der Waals surface area contributed by atoms with Gasteiger partial charge in [0.1, 0.15) is 0 Å². The number of likely N-dealkylation sites (N-methyl/N-ethyl adjacent to an activating group) is 1. The normalized spacial score (nSPS) is 19.3. The molecule has 92 valence electrons. The number of hydrogen-bond acceptors (Lipinski definition) is 2. The van der Waals surface area contributed by atoms with Crippen molar-refractivity contribution in [2.75, 3.05) is 13.6 Å². The van der Waals surface area contributed by atoms with Crippen LogP contribution in [-0.2, 0) is 11.3 Å². The van der Waals surface area contributed by atoms with Gasteiger partial charge in [-0.25, -0.2) is 0 Å². The van der Waals surface area contributed by atoms with E-state index in [4.69, 9.17) is 0 Å². The molecule has 1 amide bonds. The van der Waals surface area contributed by atoms with Crippen molar-refractivity contribution in [1.29, 1.82) is 0 Å². The molecule has 0 saturated carbocycles. The van der Waals surface area contributed by atoms with Gasteiger partial charge in [-0.2, -0.15) is 0 Å². The molecule has 1 N–H and O–H groups in total. The van der Waals surface area contributed by atoms with Crippen LogP contribution in [0.1, 0.15) is 24.0 Å². The van der Waals surface area contributed by atoms with E-state index in [1.54, 1.807) is 0 Å². The fourth-order valence-electron chi connectivity index (χ4n) is 2.28. The standard InChI is InChI=1S/C14H20N2O/c1-11-6-3-4-7-12(11)10-16(2)14(17)13-8-5-9-15-13/h3-4,6-7,13,15H,5,8-10H2,1-2H3/t13-/m0/s1. The Bertz CT molecular complexity index is 397. The minimum absolute atomic E-state index is 0.0315. The Kier molecular flexibility index (Phi) is 3.79. The van der Waals surface area contributed by atoms with Crippen LogP contribution in [0.15, 0.2) is 24.3 Å². The molecular weight excluding hydrogens is 212 g/mol. The van der Waals surface area contributed by atoms with Gasteiger partial charge in [-0.05, 0) is 37.4 Å². The Balaban J connectivity index is 1.99. The first-order valence-corrected chi connectivity index (χ1v) is 6.21. The Hall–Kier alpha value is -1.35. The average molecular weight is 232 g/mol. The summed E-state index contributed by atoms with van der Waals surface area (Å²) >= 11 is 0. The minimum atomic E-state index is 0.0315. The lowest BCUT2D eigenvalue weighted by molar-refractivity contribution is -0.132. The summed E-state index contributed by atoms with van der Waals surface area (Å²) in [5, 5.41) is 3.25. The molecule has 0 spiro atoms. The van der Waals surface area contributed by atoms with Gasteiger partial charge >= 0.3 is 0 Å². The lowest BCUT2D eigenvalue weighted by atomic mass is 10.1. The van der Waals surface area contributed by atoms with Gasteiger partial charge in [-0.3, -0.25) is 4.79 Å². The number of nitrogens with zero attached hydrogens (tertiary/aromatic N) is 1. The first kappa shape index (κ1) is 12.1. The molecule has 0 aliphatic carbocycles. The third kappa shape index (κ3) is 2.86. The number of carbonyl (C=O) groups is 1. The maximum Gasteiger partial charge on any atom is 0.239 e. The fraction of sp³-hybridized carbons (Fsp3) is 0.500. The molecule has 1 fully saturated rings.